The lowest BCUT2D eigenvalue weighted by atomic mass is 9.89. The van der Waals surface area contributed by atoms with Gasteiger partial charge < -0.3 is 14.8 Å². The molecule has 0 radical (unpaired) electrons. The number of rotatable bonds is 14. The van der Waals surface area contributed by atoms with Crippen LogP contribution in [-0.4, -0.2) is 56.3 Å². The first-order valence-electron chi connectivity index (χ1n) is 15.6. The molecule has 0 aliphatic heterocycles. The molecule has 0 saturated heterocycles. The molecule has 1 aliphatic rings. The number of halogens is 2. The summed E-state index contributed by atoms with van der Waals surface area (Å²) in [6.45, 7) is 14.7. The van der Waals surface area contributed by atoms with Crippen LogP contribution in [0, 0.1) is 5.92 Å². The second-order valence-electron chi connectivity index (χ2n) is 13.3. The van der Waals surface area contributed by atoms with Gasteiger partial charge in [0.25, 0.3) is 0 Å². The van der Waals surface area contributed by atoms with E-state index in [9.17, 15) is 18.3 Å². The van der Waals surface area contributed by atoms with Crippen LogP contribution in [0.3, 0.4) is 0 Å². The van der Waals surface area contributed by atoms with Crippen molar-refractivity contribution in [2.45, 2.75) is 95.7 Å². The summed E-state index contributed by atoms with van der Waals surface area (Å²) < 4.78 is 35.9. The lowest BCUT2D eigenvalue weighted by molar-refractivity contribution is 0.102. The van der Waals surface area contributed by atoms with Gasteiger partial charge in [-0.3, -0.25) is 8.98 Å². The standard InChI is InChI=1S/C32H44Cl2N4O6S2Si/c1-18(2)47(19(3)4,20(5)6)44-27-13-24(11-21(27)16-43-46(35,41)42)38-31-25(15-36-17-37-31)29(39)28-14-26(30(34)45-28)32(7,40)22-9-8-10-23(33)12-22/h8-10,12,14-15,17-21,24,27,40H,11,13,16H2,1-7H3,(H2,35,41,42)(H,36,37,38)/t21-,24-,27+,32?/m1/s1. The van der Waals surface area contributed by atoms with E-state index in [0.717, 1.165) is 11.3 Å². The van der Waals surface area contributed by atoms with Crippen molar-refractivity contribution in [1.29, 1.82) is 0 Å². The zero-order chi connectivity index (χ0) is 34.9. The smallest absolute Gasteiger partial charge is 0.333 e. The van der Waals surface area contributed by atoms with E-state index in [2.05, 4.69) is 56.8 Å². The van der Waals surface area contributed by atoms with Crippen molar-refractivity contribution in [2.24, 2.45) is 11.1 Å². The minimum absolute atomic E-state index is 0.112. The van der Waals surface area contributed by atoms with E-state index >= 15 is 0 Å². The predicted octanol–water partition coefficient (Wildman–Crippen LogP) is 7.30. The van der Waals surface area contributed by atoms with E-state index < -0.39 is 24.2 Å². The first-order valence-corrected chi connectivity index (χ1v) is 20.8. The third-order valence-electron chi connectivity index (χ3n) is 9.26. The highest BCUT2D eigenvalue weighted by molar-refractivity contribution is 7.84. The fourth-order valence-corrected chi connectivity index (χ4v) is 14.7. The maximum absolute atomic E-state index is 13.9. The van der Waals surface area contributed by atoms with E-state index in [1.54, 1.807) is 37.3 Å². The van der Waals surface area contributed by atoms with Crippen molar-refractivity contribution in [2.75, 3.05) is 11.9 Å². The molecule has 1 fully saturated rings. The first-order chi connectivity index (χ1) is 21.9. The molecule has 2 heterocycles. The fraction of sp³-hybridized carbons (Fsp3) is 0.531. The monoisotopic (exact) mass is 742 g/mol. The molecule has 0 spiro atoms. The molecule has 4 atom stereocenters. The molecule has 0 bridgehead atoms. The predicted molar refractivity (Wildman–Crippen MR) is 190 cm³/mol. The first kappa shape index (κ1) is 37.9. The van der Waals surface area contributed by atoms with Crippen molar-refractivity contribution in [1.82, 2.24) is 9.97 Å². The Labute approximate surface area is 292 Å². The molecular weight excluding hydrogens is 700 g/mol. The van der Waals surface area contributed by atoms with Gasteiger partial charge in [-0.25, -0.2) is 15.1 Å². The van der Waals surface area contributed by atoms with Crippen molar-refractivity contribution in [3.63, 3.8) is 0 Å². The molecule has 1 aromatic carbocycles. The van der Waals surface area contributed by atoms with Gasteiger partial charge in [-0.05, 0) is 60.2 Å². The summed E-state index contributed by atoms with van der Waals surface area (Å²) in [6, 6.07) is 8.21. The number of benzene rings is 1. The summed E-state index contributed by atoms with van der Waals surface area (Å²) in [5, 5.41) is 20.5. The quantitative estimate of drug-likeness (QED) is 0.114. The molecule has 3 aromatic rings. The largest absolute Gasteiger partial charge is 0.413 e. The molecule has 10 nitrogen and oxygen atoms in total. The zero-order valence-corrected chi connectivity index (χ0v) is 31.8. The van der Waals surface area contributed by atoms with Gasteiger partial charge in [-0.2, -0.15) is 8.42 Å². The number of carbonyl (C=O) groups is 1. The number of nitrogens with one attached hydrogen (secondary N) is 1. The maximum Gasteiger partial charge on any atom is 0.333 e. The SMILES string of the molecule is CC(C)[Si](O[C@H]1C[C@H](Nc2ncncc2C(=O)c2cc(C(C)(O)c3cccc(Cl)c3)c(Cl)s2)C[C@@H]1COS(N)(=O)=O)(C(C)C)C(C)C. The Hall–Kier alpha value is -1.94. The van der Waals surface area contributed by atoms with E-state index in [1.165, 1.54) is 12.5 Å². The number of thiophene rings is 1. The third kappa shape index (κ3) is 8.45. The highest BCUT2D eigenvalue weighted by Gasteiger charge is 2.49. The van der Waals surface area contributed by atoms with Gasteiger partial charge in [-0.15, -0.1) is 11.3 Å². The Bertz CT molecular complexity index is 1660. The van der Waals surface area contributed by atoms with Gasteiger partial charge in [0.1, 0.15) is 17.7 Å². The molecule has 2 aromatic heterocycles. The van der Waals surface area contributed by atoms with Crippen LogP contribution >= 0.6 is 34.5 Å². The van der Waals surface area contributed by atoms with Crippen LogP contribution in [0.15, 0.2) is 42.9 Å². The Balaban J connectivity index is 1.61. The average molecular weight is 744 g/mol. The van der Waals surface area contributed by atoms with Gasteiger partial charge >= 0.3 is 10.3 Å². The second-order valence-corrected chi connectivity index (χ2v) is 22.0. The van der Waals surface area contributed by atoms with Crippen LogP contribution in [0.1, 0.15) is 87.7 Å². The third-order valence-corrected chi connectivity index (χ3v) is 17.4. The number of aliphatic hydroxyl groups is 1. The van der Waals surface area contributed by atoms with Gasteiger partial charge in [-0.1, -0.05) is 76.9 Å². The molecule has 47 heavy (non-hydrogen) atoms. The molecule has 15 heteroatoms. The summed E-state index contributed by atoms with van der Waals surface area (Å²) in [5.41, 5.74) is 0.609. The molecule has 258 valence electrons. The maximum atomic E-state index is 13.9. The molecule has 0 amide bonds. The Morgan fingerprint density at radius 2 is 1.81 bits per heavy atom. The minimum atomic E-state index is -4.15. The number of hydrogen-bond acceptors (Lipinski definition) is 10. The van der Waals surface area contributed by atoms with Crippen molar-refractivity contribution in [3.8, 4) is 0 Å². The molecule has 4 rings (SSSR count). The van der Waals surface area contributed by atoms with Gasteiger partial charge in [0.15, 0.2) is 0 Å². The number of carbonyl (C=O) groups excluding carboxylic acids is 1. The van der Waals surface area contributed by atoms with E-state index in [-0.39, 0.29) is 40.4 Å². The number of ketones is 1. The lowest BCUT2D eigenvalue weighted by Crippen LogP contribution is -2.51. The van der Waals surface area contributed by atoms with Crippen LogP contribution in [0.2, 0.25) is 26.0 Å². The van der Waals surface area contributed by atoms with Crippen LogP contribution in [-0.2, 0) is 24.5 Å². The Morgan fingerprint density at radius 3 is 2.40 bits per heavy atom. The van der Waals surface area contributed by atoms with Gasteiger partial charge in [0.05, 0.1) is 27.5 Å². The second kappa shape index (κ2) is 14.9. The van der Waals surface area contributed by atoms with Crippen LogP contribution in [0.25, 0.3) is 0 Å². The zero-order valence-electron chi connectivity index (χ0n) is 27.7. The number of nitrogens with zero attached hydrogens (tertiary/aromatic N) is 2. The Morgan fingerprint density at radius 1 is 1.15 bits per heavy atom. The van der Waals surface area contributed by atoms with Gasteiger partial charge in [0, 0.05) is 28.7 Å². The summed E-state index contributed by atoms with van der Waals surface area (Å²) >= 11 is 13.8. The Kier molecular flexibility index (Phi) is 12.0. The summed E-state index contributed by atoms with van der Waals surface area (Å²) in [5.74, 6) is -0.296. The highest BCUT2D eigenvalue weighted by Crippen LogP contribution is 2.46. The molecule has 1 aliphatic carbocycles. The van der Waals surface area contributed by atoms with Crippen molar-refractivity contribution >= 4 is 64.8 Å². The molecule has 1 unspecified atom stereocenters. The number of hydrogen-bond donors (Lipinski definition) is 3. The topological polar surface area (TPSA) is 154 Å². The fourth-order valence-electron chi connectivity index (χ4n) is 7.07. The van der Waals surface area contributed by atoms with Crippen LogP contribution < -0.4 is 10.5 Å². The number of nitrogens with two attached hydrogens (primary N) is 1. The number of aromatic nitrogens is 2. The summed E-state index contributed by atoms with van der Waals surface area (Å²) in [4.78, 5) is 22.7. The van der Waals surface area contributed by atoms with E-state index in [1.807, 2.05) is 0 Å². The number of anilines is 1. The van der Waals surface area contributed by atoms with Crippen LogP contribution in [0.5, 0.6) is 0 Å². The normalized spacial score (nSPS) is 20.3. The molecule has 1 saturated carbocycles. The van der Waals surface area contributed by atoms with Crippen molar-refractivity contribution in [3.05, 3.63) is 73.8 Å². The highest BCUT2D eigenvalue weighted by atomic mass is 35.5. The minimum Gasteiger partial charge on any atom is -0.413 e. The van der Waals surface area contributed by atoms with Crippen molar-refractivity contribution < 1.29 is 26.9 Å². The summed E-state index contributed by atoms with van der Waals surface area (Å²) in [7, 11) is -6.48. The molecule has 4 N–H and O–H groups in total. The molecular formula is C32H44Cl2N4O6S2Si. The summed E-state index contributed by atoms with van der Waals surface area (Å²) in [6.07, 6.45) is 3.57. The van der Waals surface area contributed by atoms with Gasteiger partial charge in [0.2, 0.25) is 14.1 Å². The lowest BCUT2D eigenvalue weighted by Gasteiger charge is -2.45. The van der Waals surface area contributed by atoms with E-state index in [0.29, 0.717) is 56.3 Å². The average Bonchev–Trinajstić information content (AvgIpc) is 3.56. The van der Waals surface area contributed by atoms with Crippen LogP contribution in [0.4, 0.5) is 5.82 Å². The van der Waals surface area contributed by atoms with E-state index in [4.69, 9.17) is 36.9 Å².